The number of hydrogen-bond acceptors (Lipinski definition) is 1. The molecule has 100 valence electrons. The summed E-state index contributed by atoms with van der Waals surface area (Å²) in [6.07, 6.45) is 5.06. The number of unbranched alkanes of at least 4 members (excludes halogenated alkanes) is 1. The van der Waals surface area contributed by atoms with Gasteiger partial charge < -0.3 is 4.57 Å². The zero-order chi connectivity index (χ0) is 13.7. The Morgan fingerprint density at radius 3 is 2.63 bits per heavy atom. The van der Waals surface area contributed by atoms with E-state index in [1.54, 1.807) is 4.57 Å². The van der Waals surface area contributed by atoms with E-state index >= 15 is 0 Å². The predicted octanol–water partition coefficient (Wildman–Crippen LogP) is 3.94. The lowest BCUT2D eigenvalue weighted by atomic mass is 10.1. The average molecular weight is 320 g/mol. The Morgan fingerprint density at radius 1 is 1.16 bits per heavy atom. The van der Waals surface area contributed by atoms with E-state index in [1.165, 1.54) is 5.56 Å². The molecule has 0 radical (unpaired) electrons. The molecule has 0 fully saturated rings. The molecule has 0 atom stereocenters. The molecule has 0 spiro atoms. The minimum atomic E-state index is 0.114. The summed E-state index contributed by atoms with van der Waals surface area (Å²) >= 11 is 3.43. The predicted molar refractivity (Wildman–Crippen MR) is 82.5 cm³/mol. The van der Waals surface area contributed by atoms with Crippen LogP contribution in [0.1, 0.15) is 24.0 Å². The quantitative estimate of drug-likeness (QED) is 0.765. The molecule has 0 saturated heterocycles. The third-order valence-electron chi connectivity index (χ3n) is 3.19. The van der Waals surface area contributed by atoms with Crippen LogP contribution in [0.4, 0.5) is 0 Å². The lowest BCUT2D eigenvalue weighted by molar-refractivity contribution is 0.590. The molecule has 1 heterocycles. The Bertz CT molecular complexity index is 589. The highest BCUT2D eigenvalue weighted by molar-refractivity contribution is 9.10. The fourth-order valence-corrected chi connectivity index (χ4v) is 2.75. The molecule has 19 heavy (non-hydrogen) atoms. The second-order valence-electron chi connectivity index (χ2n) is 4.78. The van der Waals surface area contributed by atoms with E-state index in [1.807, 2.05) is 25.3 Å². The van der Waals surface area contributed by atoms with Gasteiger partial charge in [-0.25, -0.2) is 0 Å². The second kappa shape index (κ2) is 6.71. The molecular formula is C16H18BrNO. The van der Waals surface area contributed by atoms with Gasteiger partial charge in [-0.1, -0.05) is 30.3 Å². The number of nitrogens with zero attached hydrogens (tertiary/aromatic N) is 1. The largest absolute Gasteiger partial charge is 0.314 e. The second-order valence-corrected chi connectivity index (χ2v) is 5.70. The summed E-state index contributed by atoms with van der Waals surface area (Å²) in [5.41, 5.74) is 2.26. The van der Waals surface area contributed by atoms with Crippen LogP contribution in [0.5, 0.6) is 0 Å². The van der Waals surface area contributed by atoms with Crippen molar-refractivity contribution < 1.29 is 0 Å². The first-order chi connectivity index (χ1) is 9.16. The number of rotatable bonds is 5. The van der Waals surface area contributed by atoms with Crippen molar-refractivity contribution in [2.45, 2.75) is 32.7 Å². The summed E-state index contributed by atoms with van der Waals surface area (Å²) in [6, 6.07) is 12.3. The molecule has 1 aromatic heterocycles. The molecule has 0 N–H and O–H groups in total. The molecule has 2 rings (SSSR count). The van der Waals surface area contributed by atoms with E-state index in [-0.39, 0.29) is 5.56 Å². The third kappa shape index (κ3) is 4.06. The van der Waals surface area contributed by atoms with Crippen molar-refractivity contribution in [1.29, 1.82) is 0 Å². The van der Waals surface area contributed by atoms with Gasteiger partial charge in [0, 0.05) is 22.8 Å². The van der Waals surface area contributed by atoms with Gasteiger partial charge in [-0.15, -0.1) is 0 Å². The van der Waals surface area contributed by atoms with Gasteiger partial charge in [-0.2, -0.15) is 0 Å². The van der Waals surface area contributed by atoms with E-state index in [0.29, 0.717) is 0 Å². The number of benzene rings is 1. The Balaban J connectivity index is 1.88. The zero-order valence-electron chi connectivity index (χ0n) is 11.1. The normalized spacial score (nSPS) is 10.6. The molecule has 2 nitrogen and oxygen atoms in total. The lowest BCUT2D eigenvalue weighted by Crippen LogP contribution is -2.21. The summed E-state index contributed by atoms with van der Waals surface area (Å²) in [4.78, 5) is 11.9. The van der Waals surface area contributed by atoms with E-state index in [4.69, 9.17) is 0 Å². The van der Waals surface area contributed by atoms with Gasteiger partial charge in [-0.3, -0.25) is 4.79 Å². The van der Waals surface area contributed by atoms with Crippen LogP contribution in [0.15, 0.2) is 51.9 Å². The summed E-state index contributed by atoms with van der Waals surface area (Å²) in [7, 11) is 0. The summed E-state index contributed by atoms with van der Waals surface area (Å²) in [6.45, 7) is 2.64. The number of aromatic nitrogens is 1. The fourth-order valence-electron chi connectivity index (χ4n) is 2.16. The standard InChI is InChI=1S/C16H18BrNO/c1-13-11-15(17)12-18(16(13)19)10-6-5-9-14-7-3-2-4-8-14/h2-4,7-8,11-12H,5-6,9-10H2,1H3. The molecule has 0 aliphatic carbocycles. The van der Waals surface area contributed by atoms with Gasteiger partial charge in [-0.05, 0) is 53.7 Å². The number of aryl methyl sites for hydroxylation is 3. The van der Waals surface area contributed by atoms with Crippen LogP contribution in [0.25, 0.3) is 0 Å². The monoisotopic (exact) mass is 319 g/mol. The van der Waals surface area contributed by atoms with Crippen molar-refractivity contribution in [1.82, 2.24) is 4.57 Å². The van der Waals surface area contributed by atoms with E-state index in [9.17, 15) is 4.79 Å². The Morgan fingerprint density at radius 2 is 1.89 bits per heavy atom. The minimum absolute atomic E-state index is 0.114. The number of hydrogen-bond donors (Lipinski definition) is 0. The van der Waals surface area contributed by atoms with Crippen molar-refractivity contribution in [3.8, 4) is 0 Å². The maximum Gasteiger partial charge on any atom is 0.253 e. The smallest absolute Gasteiger partial charge is 0.253 e. The van der Waals surface area contributed by atoms with Gasteiger partial charge >= 0.3 is 0 Å². The SMILES string of the molecule is Cc1cc(Br)cn(CCCCc2ccccc2)c1=O. The molecule has 3 heteroatoms. The number of halogens is 1. The van der Waals surface area contributed by atoms with Crippen LogP contribution >= 0.6 is 15.9 Å². The molecule has 0 saturated carbocycles. The van der Waals surface area contributed by atoms with Crippen LogP contribution < -0.4 is 5.56 Å². The minimum Gasteiger partial charge on any atom is -0.314 e. The van der Waals surface area contributed by atoms with E-state index in [2.05, 4.69) is 40.2 Å². The highest BCUT2D eigenvalue weighted by atomic mass is 79.9. The highest BCUT2D eigenvalue weighted by Crippen LogP contribution is 2.09. The fraction of sp³-hybridized carbons (Fsp3) is 0.312. The van der Waals surface area contributed by atoms with Crippen LogP contribution in [0.2, 0.25) is 0 Å². The highest BCUT2D eigenvalue weighted by Gasteiger charge is 2.01. The van der Waals surface area contributed by atoms with Crippen LogP contribution in [0, 0.1) is 6.92 Å². The molecule has 2 aromatic rings. The maximum absolute atomic E-state index is 11.9. The van der Waals surface area contributed by atoms with Crippen molar-refractivity contribution in [2.24, 2.45) is 0 Å². The van der Waals surface area contributed by atoms with Gasteiger partial charge in [0.25, 0.3) is 5.56 Å². The van der Waals surface area contributed by atoms with Crippen molar-refractivity contribution in [2.75, 3.05) is 0 Å². The summed E-state index contributed by atoms with van der Waals surface area (Å²) in [5.74, 6) is 0. The van der Waals surface area contributed by atoms with Crippen LogP contribution in [-0.4, -0.2) is 4.57 Å². The van der Waals surface area contributed by atoms with Crippen molar-refractivity contribution in [3.63, 3.8) is 0 Å². The molecule has 0 unspecified atom stereocenters. The first-order valence-electron chi connectivity index (χ1n) is 6.57. The first kappa shape index (κ1) is 14.1. The summed E-state index contributed by atoms with van der Waals surface area (Å²) < 4.78 is 2.76. The zero-order valence-corrected chi connectivity index (χ0v) is 12.7. The van der Waals surface area contributed by atoms with Crippen LogP contribution in [0.3, 0.4) is 0 Å². The Hall–Kier alpha value is -1.35. The average Bonchev–Trinajstić information content (AvgIpc) is 2.41. The van der Waals surface area contributed by atoms with Crippen LogP contribution in [-0.2, 0) is 13.0 Å². The molecule has 0 bridgehead atoms. The van der Waals surface area contributed by atoms with Gasteiger partial charge in [0.05, 0.1) is 0 Å². The molecular weight excluding hydrogens is 302 g/mol. The first-order valence-corrected chi connectivity index (χ1v) is 7.36. The molecule has 1 aromatic carbocycles. The number of pyridine rings is 1. The van der Waals surface area contributed by atoms with Crippen molar-refractivity contribution >= 4 is 15.9 Å². The Kier molecular flexibility index (Phi) is 4.97. The van der Waals surface area contributed by atoms with Crippen molar-refractivity contribution in [3.05, 3.63) is 68.5 Å². The molecule has 0 amide bonds. The van der Waals surface area contributed by atoms with Gasteiger partial charge in [0.2, 0.25) is 0 Å². The van der Waals surface area contributed by atoms with E-state index in [0.717, 1.165) is 35.8 Å². The van der Waals surface area contributed by atoms with Gasteiger partial charge in [0.1, 0.15) is 0 Å². The topological polar surface area (TPSA) is 22.0 Å². The third-order valence-corrected chi connectivity index (χ3v) is 3.62. The van der Waals surface area contributed by atoms with E-state index < -0.39 is 0 Å². The summed E-state index contributed by atoms with van der Waals surface area (Å²) in [5, 5.41) is 0. The maximum atomic E-state index is 11.9. The van der Waals surface area contributed by atoms with Gasteiger partial charge in [0.15, 0.2) is 0 Å². The Labute approximate surface area is 122 Å². The molecule has 0 aliphatic heterocycles. The lowest BCUT2D eigenvalue weighted by Gasteiger charge is -2.07. The molecule has 0 aliphatic rings.